The van der Waals surface area contributed by atoms with E-state index in [1.165, 1.54) is 22.7 Å². The Morgan fingerprint density at radius 1 is 1.18 bits per heavy atom. The van der Waals surface area contributed by atoms with E-state index in [4.69, 9.17) is 10.5 Å². The van der Waals surface area contributed by atoms with Gasteiger partial charge in [-0.25, -0.2) is 4.79 Å². The number of aryl methyl sites for hydroxylation is 2. The number of fused-ring (bicyclic) bond motifs is 1. The molecular formula is C26H23N3O3S. The van der Waals surface area contributed by atoms with Crippen molar-refractivity contribution >= 4 is 28.5 Å². The quantitative estimate of drug-likeness (QED) is 0.680. The summed E-state index contributed by atoms with van der Waals surface area (Å²) in [7, 11) is 0. The molecule has 2 N–H and O–H groups in total. The van der Waals surface area contributed by atoms with E-state index in [2.05, 4.69) is 6.07 Å². The molecule has 1 amide bonds. The molecule has 0 aliphatic carbocycles. The van der Waals surface area contributed by atoms with Crippen molar-refractivity contribution in [3.05, 3.63) is 98.9 Å². The molecule has 0 saturated carbocycles. The van der Waals surface area contributed by atoms with Crippen LogP contribution in [0.2, 0.25) is 0 Å². The predicted octanol–water partition coefficient (Wildman–Crippen LogP) is 4.49. The number of nitrogens with zero attached hydrogens (tertiary/aromatic N) is 2. The van der Waals surface area contributed by atoms with Crippen LogP contribution in [0.4, 0.5) is 0 Å². The molecule has 0 saturated heterocycles. The van der Waals surface area contributed by atoms with Gasteiger partial charge in [0.2, 0.25) is 0 Å². The first-order valence-electron chi connectivity index (χ1n) is 10.5. The fraction of sp³-hybridized carbons (Fsp3) is 0.192. The molecule has 0 aromatic heterocycles. The van der Waals surface area contributed by atoms with Crippen LogP contribution in [0.15, 0.2) is 76.6 Å². The molecule has 1 unspecified atom stereocenters. The highest BCUT2D eigenvalue weighted by molar-refractivity contribution is 8.11. The van der Waals surface area contributed by atoms with Crippen molar-refractivity contribution in [2.75, 3.05) is 6.61 Å². The predicted molar refractivity (Wildman–Crippen MR) is 128 cm³/mol. The van der Waals surface area contributed by atoms with Gasteiger partial charge in [0.15, 0.2) is 0 Å². The van der Waals surface area contributed by atoms with Crippen LogP contribution in [0, 0.1) is 25.2 Å². The molecule has 4 rings (SSSR count). The minimum atomic E-state index is -0.739. The summed E-state index contributed by atoms with van der Waals surface area (Å²) < 4.78 is 5.40. The van der Waals surface area contributed by atoms with Crippen LogP contribution in [0.1, 0.15) is 35.1 Å². The number of esters is 1. The number of rotatable bonds is 4. The highest BCUT2D eigenvalue weighted by Gasteiger charge is 2.43. The lowest BCUT2D eigenvalue weighted by Crippen LogP contribution is -2.40. The maximum absolute atomic E-state index is 13.3. The molecule has 6 nitrogen and oxygen atoms in total. The lowest BCUT2D eigenvalue weighted by atomic mass is 9.82. The molecule has 2 heterocycles. The third kappa shape index (κ3) is 4.06. The van der Waals surface area contributed by atoms with Crippen molar-refractivity contribution in [1.82, 2.24) is 4.90 Å². The van der Waals surface area contributed by atoms with Crippen molar-refractivity contribution < 1.29 is 14.3 Å². The number of carbonyl (C=O) groups excluding carboxylic acids is 2. The molecule has 166 valence electrons. The molecule has 7 heteroatoms. The molecule has 2 aliphatic heterocycles. The standard InChI is InChI=1S/C26H23N3O3S/c1-4-32-26(31)23-22(18-10-6-8-16(3)12-18)19(14-27)24(28)29-21(30)13-20(33-25(23)29)17-9-5-7-15(2)11-17/h5-13,22H,4,28H2,1-3H3. The van der Waals surface area contributed by atoms with Crippen LogP contribution in [0.25, 0.3) is 4.91 Å². The molecule has 2 aromatic rings. The van der Waals surface area contributed by atoms with E-state index >= 15 is 0 Å². The monoisotopic (exact) mass is 457 g/mol. The largest absolute Gasteiger partial charge is 0.463 e. The van der Waals surface area contributed by atoms with E-state index in [0.717, 1.165) is 22.3 Å². The van der Waals surface area contributed by atoms with Crippen molar-refractivity contribution in [2.45, 2.75) is 26.7 Å². The Bertz CT molecular complexity index is 1300. The Morgan fingerprint density at radius 3 is 2.52 bits per heavy atom. The smallest absolute Gasteiger partial charge is 0.337 e. The van der Waals surface area contributed by atoms with Crippen LogP contribution in [0.5, 0.6) is 0 Å². The Morgan fingerprint density at radius 2 is 1.88 bits per heavy atom. The zero-order chi connectivity index (χ0) is 23.7. The molecule has 0 bridgehead atoms. The van der Waals surface area contributed by atoms with E-state index in [9.17, 15) is 14.9 Å². The molecule has 1 atom stereocenters. The second-order valence-corrected chi connectivity index (χ2v) is 8.88. The number of amides is 1. The van der Waals surface area contributed by atoms with Crippen LogP contribution in [-0.2, 0) is 14.3 Å². The van der Waals surface area contributed by atoms with E-state index in [1.807, 2.05) is 62.4 Å². The summed E-state index contributed by atoms with van der Waals surface area (Å²) in [5.41, 5.74) is 10.4. The van der Waals surface area contributed by atoms with Crippen molar-refractivity contribution in [1.29, 1.82) is 5.26 Å². The summed E-state index contributed by atoms with van der Waals surface area (Å²) in [6.07, 6.45) is 1.49. The molecule has 2 aliphatic rings. The van der Waals surface area contributed by atoms with Gasteiger partial charge < -0.3 is 10.5 Å². The van der Waals surface area contributed by atoms with Crippen LogP contribution >= 0.6 is 11.8 Å². The number of carbonyl (C=O) groups is 2. The van der Waals surface area contributed by atoms with Gasteiger partial charge in [0.1, 0.15) is 10.9 Å². The van der Waals surface area contributed by atoms with Gasteiger partial charge in [0.05, 0.1) is 29.7 Å². The molecular weight excluding hydrogens is 434 g/mol. The van der Waals surface area contributed by atoms with E-state index in [1.54, 1.807) is 6.92 Å². The SMILES string of the molecule is CCOC(=O)C1=C2SC(c3cccc(C)c3)=CC(=O)N2C(N)=C(C#N)C1c1cccc(C)c1. The van der Waals surface area contributed by atoms with Gasteiger partial charge in [-0.2, -0.15) is 5.26 Å². The normalized spacial score (nSPS) is 18.0. The minimum absolute atomic E-state index is 0.0316. The Kier molecular flexibility index (Phi) is 6.12. The maximum atomic E-state index is 13.3. The lowest BCUT2D eigenvalue weighted by Gasteiger charge is -2.37. The number of benzene rings is 2. The number of nitriles is 1. The van der Waals surface area contributed by atoms with Crippen LogP contribution < -0.4 is 5.73 Å². The van der Waals surface area contributed by atoms with Gasteiger partial charge in [-0.1, -0.05) is 71.4 Å². The number of hydrogen-bond acceptors (Lipinski definition) is 6. The van der Waals surface area contributed by atoms with E-state index in [-0.39, 0.29) is 23.6 Å². The molecule has 0 fully saturated rings. The highest BCUT2D eigenvalue weighted by atomic mass is 32.2. The fourth-order valence-electron chi connectivity index (χ4n) is 4.06. The first kappa shape index (κ1) is 22.4. The summed E-state index contributed by atoms with van der Waals surface area (Å²) in [5.74, 6) is -1.69. The summed E-state index contributed by atoms with van der Waals surface area (Å²) in [4.78, 5) is 28.4. The Labute approximate surface area is 197 Å². The summed E-state index contributed by atoms with van der Waals surface area (Å²) in [6.45, 7) is 5.80. The molecule has 2 aromatic carbocycles. The second-order valence-electron chi connectivity index (χ2n) is 7.85. The molecule has 0 spiro atoms. The van der Waals surface area contributed by atoms with Crippen molar-refractivity contribution in [3.63, 3.8) is 0 Å². The van der Waals surface area contributed by atoms with Gasteiger partial charge in [-0.15, -0.1) is 0 Å². The number of thioether (sulfide) groups is 1. The summed E-state index contributed by atoms with van der Waals surface area (Å²) >= 11 is 1.28. The fourth-order valence-corrected chi connectivity index (χ4v) is 5.26. The summed E-state index contributed by atoms with van der Waals surface area (Å²) in [6, 6.07) is 17.5. The average Bonchev–Trinajstić information content (AvgIpc) is 2.78. The highest BCUT2D eigenvalue weighted by Crippen LogP contribution is 2.50. The Hall–Kier alpha value is -3.76. The Balaban J connectivity index is 1.97. The second kappa shape index (κ2) is 9.00. The molecule has 0 radical (unpaired) electrons. The van der Waals surface area contributed by atoms with Crippen molar-refractivity contribution in [3.8, 4) is 6.07 Å². The van der Waals surface area contributed by atoms with Gasteiger partial charge in [-0.3, -0.25) is 9.69 Å². The first-order valence-corrected chi connectivity index (χ1v) is 11.4. The lowest BCUT2D eigenvalue weighted by molar-refractivity contribution is -0.138. The number of nitrogens with two attached hydrogens (primary N) is 1. The van der Waals surface area contributed by atoms with E-state index < -0.39 is 17.8 Å². The third-order valence-corrected chi connectivity index (χ3v) is 6.67. The van der Waals surface area contributed by atoms with Gasteiger partial charge >= 0.3 is 5.97 Å². The topological polar surface area (TPSA) is 96.4 Å². The van der Waals surface area contributed by atoms with Gasteiger partial charge in [0, 0.05) is 11.0 Å². The van der Waals surface area contributed by atoms with Crippen LogP contribution in [0.3, 0.4) is 0 Å². The zero-order valence-corrected chi connectivity index (χ0v) is 19.4. The number of ether oxygens (including phenoxy) is 1. The first-order chi connectivity index (χ1) is 15.8. The summed E-state index contributed by atoms with van der Waals surface area (Å²) in [5, 5.41) is 10.4. The minimum Gasteiger partial charge on any atom is -0.463 e. The van der Waals surface area contributed by atoms with Gasteiger partial charge in [0.25, 0.3) is 5.91 Å². The van der Waals surface area contributed by atoms with Crippen molar-refractivity contribution in [2.24, 2.45) is 5.73 Å². The maximum Gasteiger partial charge on any atom is 0.337 e. The number of allylic oxidation sites excluding steroid dienone is 1. The number of hydrogen-bond donors (Lipinski definition) is 1. The van der Waals surface area contributed by atoms with Crippen LogP contribution in [-0.4, -0.2) is 23.4 Å². The third-order valence-electron chi connectivity index (χ3n) is 5.50. The average molecular weight is 458 g/mol. The van der Waals surface area contributed by atoms with E-state index in [0.29, 0.717) is 9.93 Å². The van der Waals surface area contributed by atoms with Gasteiger partial charge in [-0.05, 0) is 31.9 Å². The molecule has 33 heavy (non-hydrogen) atoms. The zero-order valence-electron chi connectivity index (χ0n) is 18.6.